The zero-order valence-corrected chi connectivity index (χ0v) is 40.7. The van der Waals surface area contributed by atoms with Crippen LogP contribution < -0.4 is 41.5 Å². The Bertz CT molecular complexity index is 3630. The van der Waals surface area contributed by atoms with E-state index in [4.69, 9.17) is 15.0 Å². The predicted molar refractivity (Wildman–Crippen MR) is 297 cm³/mol. The summed E-state index contributed by atoms with van der Waals surface area (Å²) in [6.45, 7) is 0. The van der Waals surface area contributed by atoms with Gasteiger partial charge in [-0.05, 0) is 65.8 Å². The molecule has 0 aliphatic carbocycles. The zero-order valence-electron chi connectivity index (χ0n) is 38.7. The molecule has 0 unspecified atom stereocenters. The molecule has 0 bridgehead atoms. The normalized spacial score (nSPS) is 11.6. The lowest BCUT2D eigenvalue weighted by atomic mass is 10.1. The summed E-state index contributed by atoms with van der Waals surface area (Å²) < 4.78 is 2.16. The SMILES string of the molecule is N#Cc1cc(-c2nc(-c3cccc([Si](c4ccccc4)(c4ccccc4)c4ccccc4)c3)nc(-n3c4ccccc4c4ccccc43)n2)cc([Si](c2ccccc2)(c2ccccc2)c2ccccc2)c1. The minimum atomic E-state index is -3.08. The van der Waals surface area contributed by atoms with E-state index in [1.54, 1.807) is 0 Å². The summed E-state index contributed by atoms with van der Waals surface area (Å²) in [4.78, 5) is 16.4. The van der Waals surface area contributed by atoms with Crippen molar-refractivity contribution in [2.75, 3.05) is 0 Å². The first-order valence-electron chi connectivity index (χ1n) is 23.9. The minimum absolute atomic E-state index is 0.477. The summed E-state index contributed by atoms with van der Waals surface area (Å²) in [6.07, 6.45) is 0. The van der Waals surface area contributed by atoms with Crippen molar-refractivity contribution in [1.29, 1.82) is 5.26 Å². The molecular weight excluding hydrogens is 895 g/mol. The van der Waals surface area contributed by atoms with Crippen molar-refractivity contribution in [3.63, 3.8) is 0 Å². The third kappa shape index (κ3) is 7.42. The topological polar surface area (TPSA) is 67.4 Å². The molecule has 0 aliphatic rings. The summed E-state index contributed by atoms with van der Waals surface area (Å²) in [5.41, 5.74) is 4.12. The van der Waals surface area contributed by atoms with Crippen molar-refractivity contribution >= 4 is 79.4 Å². The van der Waals surface area contributed by atoms with Crippen LogP contribution in [0.15, 0.2) is 273 Å². The Hall–Kier alpha value is -9.07. The first kappa shape index (κ1) is 43.2. The maximum Gasteiger partial charge on any atom is 0.238 e. The van der Waals surface area contributed by atoms with Gasteiger partial charge in [0.15, 0.2) is 27.8 Å². The summed E-state index contributed by atoms with van der Waals surface area (Å²) in [6, 6.07) is 99.8. The Morgan fingerprint density at radius 3 is 1.08 bits per heavy atom. The van der Waals surface area contributed by atoms with Crippen LogP contribution in [0.1, 0.15) is 5.56 Å². The average Bonchev–Trinajstić information content (AvgIpc) is 3.80. The number of benzene rings is 10. The van der Waals surface area contributed by atoms with E-state index in [2.05, 4.69) is 278 Å². The first-order valence-corrected chi connectivity index (χ1v) is 27.9. The molecule has 5 nitrogen and oxygen atoms in total. The monoisotopic (exact) mass is 939 g/mol. The van der Waals surface area contributed by atoms with Crippen molar-refractivity contribution in [2.45, 2.75) is 0 Å². The number of nitrogens with zero attached hydrogens (tertiary/aromatic N) is 5. The van der Waals surface area contributed by atoms with Crippen LogP contribution in [0.3, 0.4) is 0 Å². The van der Waals surface area contributed by atoms with Gasteiger partial charge in [0.25, 0.3) is 0 Å². The highest BCUT2D eigenvalue weighted by Gasteiger charge is 2.43. The molecule has 0 saturated heterocycles. The zero-order chi connectivity index (χ0) is 47.6. The van der Waals surface area contributed by atoms with E-state index in [0.29, 0.717) is 23.2 Å². The fourth-order valence-corrected chi connectivity index (χ4v) is 20.5. The van der Waals surface area contributed by atoms with Crippen molar-refractivity contribution in [2.24, 2.45) is 0 Å². The summed E-state index contributed by atoms with van der Waals surface area (Å²) >= 11 is 0. The molecule has 2 heterocycles. The number of para-hydroxylation sites is 2. The van der Waals surface area contributed by atoms with Gasteiger partial charge in [-0.25, -0.2) is 4.98 Å². The van der Waals surface area contributed by atoms with Crippen molar-refractivity contribution in [1.82, 2.24) is 19.5 Å². The van der Waals surface area contributed by atoms with Gasteiger partial charge in [0, 0.05) is 21.9 Å². The van der Waals surface area contributed by atoms with Gasteiger partial charge >= 0.3 is 0 Å². The van der Waals surface area contributed by atoms with E-state index < -0.39 is 16.1 Å². The Kier molecular flexibility index (Phi) is 11.2. The number of rotatable bonds is 11. The molecule has 2 aromatic heterocycles. The molecule has 334 valence electrons. The molecule has 0 saturated carbocycles. The maximum absolute atomic E-state index is 11.0. The number of aromatic nitrogens is 4. The molecule has 0 spiro atoms. The van der Waals surface area contributed by atoms with Crippen LogP contribution in [0.5, 0.6) is 0 Å². The van der Waals surface area contributed by atoms with Crippen LogP contribution in [0, 0.1) is 11.3 Å². The van der Waals surface area contributed by atoms with E-state index >= 15 is 0 Å². The second-order valence-electron chi connectivity index (χ2n) is 17.8. The largest absolute Gasteiger partial charge is 0.278 e. The van der Waals surface area contributed by atoms with Gasteiger partial charge in [-0.15, -0.1) is 0 Å². The lowest BCUT2D eigenvalue weighted by Crippen LogP contribution is -2.74. The Morgan fingerprint density at radius 2 is 0.662 bits per heavy atom. The highest BCUT2D eigenvalue weighted by atomic mass is 28.3. The smallest absolute Gasteiger partial charge is 0.238 e. The molecular formula is C64H45N5Si2. The molecule has 71 heavy (non-hydrogen) atoms. The lowest BCUT2D eigenvalue weighted by molar-refractivity contribution is 0.953. The standard InChI is InChI=1S/C64H45N5Si2/c65-46-47-42-49(45-57(43-47)71(53-31-13-4-14-32-53,54-33-15-5-16-34-54)55-35-17-6-18-36-55)63-66-62(67-64(68-63)69-60-40-21-19-38-58(60)59-39-20-22-41-61(59)69)48-24-23-37-56(44-48)70(50-25-7-1-8-26-50,51-27-9-2-10-28-51)52-29-11-3-12-30-52/h1-45H. The van der Waals surface area contributed by atoms with Crippen molar-refractivity contribution in [3.05, 3.63) is 279 Å². The Morgan fingerprint density at radius 1 is 0.310 bits per heavy atom. The lowest BCUT2D eigenvalue weighted by Gasteiger charge is -2.34. The van der Waals surface area contributed by atoms with Gasteiger partial charge in [0.1, 0.15) is 0 Å². The summed E-state index contributed by atoms with van der Waals surface area (Å²) in [5.74, 6) is 1.50. The van der Waals surface area contributed by atoms with E-state index in [1.165, 1.54) is 36.3 Å². The van der Waals surface area contributed by atoms with Crippen LogP contribution in [0.2, 0.25) is 0 Å². The number of nitriles is 1. The molecule has 0 amide bonds. The Labute approximate surface area is 415 Å². The van der Waals surface area contributed by atoms with E-state index in [-0.39, 0.29) is 0 Å². The molecule has 7 heteroatoms. The quantitative estimate of drug-likeness (QED) is 0.0961. The molecule has 12 aromatic rings. The van der Waals surface area contributed by atoms with E-state index in [9.17, 15) is 5.26 Å². The van der Waals surface area contributed by atoms with Gasteiger partial charge in [0.05, 0.1) is 22.7 Å². The van der Waals surface area contributed by atoms with Crippen LogP contribution in [0.25, 0.3) is 50.5 Å². The Balaban J connectivity index is 1.15. The number of hydrogen-bond acceptors (Lipinski definition) is 4. The predicted octanol–water partition coefficient (Wildman–Crippen LogP) is 8.93. The number of hydrogen-bond donors (Lipinski definition) is 0. The molecule has 0 radical (unpaired) electrons. The minimum Gasteiger partial charge on any atom is -0.278 e. The highest BCUT2D eigenvalue weighted by molar-refractivity contribution is 7.20. The molecule has 0 N–H and O–H groups in total. The van der Waals surface area contributed by atoms with Gasteiger partial charge in [-0.1, -0.05) is 249 Å². The van der Waals surface area contributed by atoms with Crippen LogP contribution >= 0.6 is 0 Å². The molecule has 0 fully saturated rings. The molecule has 0 aliphatic heterocycles. The van der Waals surface area contributed by atoms with Gasteiger partial charge in [-0.2, -0.15) is 15.2 Å². The molecule has 0 atom stereocenters. The van der Waals surface area contributed by atoms with Crippen LogP contribution in [-0.4, -0.2) is 35.7 Å². The van der Waals surface area contributed by atoms with E-state index in [0.717, 1.165) is 38.1 Å². The highest BCUT2D eigenvalue weighted by Crippen LogP contribution is 2.32. The van der Waals surface area contributed by atoms with Crippen LogP contribution in [-0.2, 0) is 0 Å². The first-order chi connectivity index (χ1) is 35.2. The average molecular weight is 940 g/mol. The third-order valence-corrected chi connectivity index (χ3v) is 23.5. The van der Waals surface area contributed by atoms with Gasteiger partial charge in [-0.3, -0.25) is 4.57 Å². The number of fused-ring (bicyclic) bond motifs is 3. The fourth-order valence-electron chi connectivity index (χ4n) is 10.9. The summed E-state index contributed by atoms with van der Waals surface area (Å²) in [7, 11) is -6.00. The van der Waals surface area contributed by atoms with Crippen LogP contribution in [0.4, 0.5) is 0 Å². The van der Waals surface area contributed by atoms with E-state index in [1.807, 2.05) is 6.07 Å². The van der Waals surface area contributed by atoms with Crippen molar-refractivity contribution in [3.8, 4) is 34.8 Å². The fraction of sp³-hybridized carbons (Fsp3) is 0. The second-order valence-corrected chi connectivity index (χ2v) is 25.5. The molecule has 10 aromatic carbocycles. The second kappa shape index (κ2) is 18.4. The third-order valence-electron chi connectivity index (χ3n) is 14.0. The van der Waals surface area contributed by atoms with Gasteiger partial charge in [0.2, 0.25) is 5.95 Å². The molecule has 12 rings (SSSR count). The summed E-state index contributed by atoms with van der Waals surface area (Å²) in [5, 5.41) is 22.9. The van der Waals surface area contributed by atoms with Crippen molar-refractivity contribution < 1.29 is 0 Å². The van der Waals surface area contributed by atoms with Gasteiger partial charge < -0.3 is 0 Å². The maximum atomic E-state index is 11.0.